The molecule has 2 amide bonds. The molecule has 1 aliphatic rings. The van der Waals surface area contributed by atoms with E-state index in [2.05, 4.69) is 45.7 Å². The fourth-order valence-electron chi connectivity index (χ4n) is 3.08. The summed E-state index contributed by atoms with van der Waals surface area (Å²) in [6, 6.07) is 0. The van der Waals surface area contributed by atoms with Gasteiger partial charge in [-0.3, -0.25) is 14.5 Å². The highest BCUT2D eigenvalue weighted by Gasteiger charge is 2.40. The molecule has 0 saturated carbocycles. The minimum absolute atomic E-state index is 0.125. The van der Waals surface area contributed by atoms with Crippen molar-refractivity contribution in [3.63, 3.8) is 0 Å². The Balaban J connectivity index is 1.81. The lowest BCUT2D eigenvalue weighted by Crippen LogP contribution is -2.31. The first kappa shape index (κ1) is 17.6. The van der Waals surface area contributed by atoms with Crippen molar-refractivity contribution in [1.82, 2.24) is 4.90 Å². The van der Waals surface area contributed by atoms with Crippen LogP contribution in [0.3, 0.4) is 0 Å². The number of hydrogen-bond donors (Lipinski definition) is 0. The maximum atomic E-state index is 12.7. The van der Waals surface area contributed by atoms with Crippen LogP contribution >= 0.6 is 54.5 Å². The summed E-state index contributed by atoms with van der Waals surface area (Å²) < 4.78 is 2.88. The first-order chi connectivity index (χ1) is 11.0. The predicted octanol–water partition coefficient (Wildman–Crippen LogP) is 6.30. The summed E-state index contributed by atoms with van der Waals surface area (Å²) >= 11 is 10.0. The van der Waals surface area contributed by atoms with Crippen molar-refractivity contribution in [2.75, 3.05) is 6.54 Å². The van der Waals surface area contributed by atoms with E-state index in [1.807, 2.05) is 0 Å². The molecule has 0 N–H and O–H groups in total. The Morgan fingerprint density at radius 2 is 1.74 bits per heavy atom. The summed E-state index contributed by atoms with van der Waals surface area (Å²) in [5.41, 5.74) is 0.589. The molecule has 0 aromatic carbocycles. The van der Waals surface area contributed by atoms with Crippen molar-refractivity contribution in [2.24, 2.45) is 5.92 Å². The van der Waals surface area contributed by atoms with Crippen LogP contribution in [0, 0.1) is 5.92 Å². The molecule has 0 unspecified atom stereocenters. The fourth-order valence-corrected chi connectivity index (χ4v) is 7.72. The Morgan fingerprint density at radius 1 is 1.04 bits per heavy atom. The number of rotatable bonds is 6. The smallest absolute Gasteiger partial charge is 0.271 e. The second kappa shape index (κ2) is 6.94. The number of thiophene rings is 2. The fraction of sp³-hybridized carbons (Fsp3) is 0.500. The van der Waals surface area contributed by atoms with Crippen LogP contribution in [-0.2, 0) is 0 Å². The quantitative estimate of drug-likeness (QED) is 0.456. The van der Waals surface area contributed by atoms with E-state index in [0.29, 0.717) is 22.9 Å². The molecule has 124 valence electrons. The Morgan fingerprint density at radius 3 is 2.39 bits per heavy atom. The van der Waals surface area contributed by atoms with Gasteiger partial charge in [0.05, 0.1) is 17.8 Å². The van der Waals surface area contributed by atoms with E-state index in [-0.39, 0.29) is 11.8 Å². The van der Waals surface area contributed by atoms with Gasteiger partial charge in [0.15, 0.2) is 0 Å². The van der Waals surface area contributed by atoms with E-state index in [4.69, 9.17) is 0 Å². The van der Waals surface area contributed by atoms with Crippen molar-refractivity contribution in [3.05, 3.63) is 18.0 Å². The Kier molecular flexibility index (Phi) is 5.30. The molecule has 3 nitrogen and oxygen atoms in total. The lowest BCUT2D eigenvalue weighted by atomic mass is 9.97. The average Bonchev–Trinajstić information content (AvgIpc) is 3.11. The third kappa shape index (κ3) is 2.94. The van der Waals surface area contributed by atoms with Crippen molar-refractivity contribution in [1.29, 1.82) is 0 Å². The van der Waals surface area contributed by atoms with Gasteiger partial charge in [-0.15, -0.1) is 22.7 Å². The molecule has 0 fully saturated rings. The number of hydrogen-bond acceptors (Lipinski definition) is 4. The number of carbonyl (C=O) groups is 2. The minimum Gasteiger partial charge on any atom is -0.274 e. The van der Waals surface area contributed by atoms with E-state index in [1.54, 1.807) is 11.3 Å². The zero-order valence-electron chi connectivity index (χ0n) is 12.9. The number of halogens is 2. The monoisotopic (exact) mass is 477 g/mol. The molecule has 0 bridgehead atoms. The number of fused-ring (bicyclic) bond motifs is 3. The molecule has 2 aromatic rings. The standard InChI is InChI=1S/C16H17Br2NO2S2/c1-3-8(4-2)6-5-7-19-15(20)10-9-11(14(18)23-13(9)17)22-12(10)16(19)21/h8H,3-7H2,1-2H3. The summed E-state index contributed by atoms with van der Waals surface area (Å²) in [6.07, 6.45) is 4.27. The van der Waals surface area contributed by atoms with Crippen molar-refractivity contribution < 1.29 is 9.59 Å². The molecule has 1 aliphatic heterocycles. The van der Waals surface area contributed by atoms with E-state index >= 15 is 0 Å². The van der Waals surface area contributed by atoms with Crippen molar-refractivity contribution >= 4 is 76.4 Å². The summed E-state index contributed by atoms with van der Waals surface area (Å²) in [7, 11) is 0. The highest BCUT2D eigenvalue weighted by molar-refractivity contribution is 9.12. The number of imide groups is 1. The maximum Gasteiger partial charge on any atom is 0.271 e. The van der Waals surface area contributed by atoms with E-state index < -0.39 is 0 Å². The minimum atomic E-state index is -0.133. The Bertz CT molecular complexity index is 777. The Hall–Kier alpha value is -0.240. The van der Waals surface area contributed by atoms with Gasteiger partial charge in [-0.05, 0) is 50.6 Å². The first-order valence-corrected chi connectivity index (χ1v) is 11.0. The van der Waals surface area contributed by atoms with Crippen LogP contribution in [0.5, 0.6) is 0 Å². The second-order valence-electron chi connectivity index (χ2n) is 5.75. The van der Waals surface area contributed by atoms with Gasteiger partial charge in [-0.2, -0.15) is 0 Å². The van der Waals surface area contributed by atoms with Crippen molar-refractivity contribution in [3.8, 4) is 0 Å². The van der Waals surface area contributed by atoms with Crippen LogP contribution in [-0.4, -0.2) is 23.3 Å². The molecule has 0 atom stereocenters. The van der Waals surface area contributed by atoms with Crippen LogP contribution in [0.15, 0.2) is 7.57 Å². The molecule has 3 heterocycles. The lowest BCUT2D eigenvalue weighted by molar-refractivity contribution is 0.0651. The van der Waals surface area contributed by atoms with Gasteiger partial charge >= 0.3 is 0 Å². The van der Waals surface area contributed by atoms with Gasteiger partial charge in [-0.25, -0.2) is 0 Å². The van der Waals surface area contributed by atoms with E-state index in [9.17, 15) is 9.59 Å². The summed E-state index contributed by atoms with van der Waals surface area (Å²) in [5, 5.41) is 0.891. The summed E-state index contributed by atoms with van der Waals surface area (Å²) in [4.78, 5) is 27.4. The normalized spacial score (nSPS) is 14.6. The number of carbonyl (C=O) groups excluding carboxylic acids is 2. The topological polar surface area (TPSA) is 37.4 Å². The van der Waals surface area contributed by atoms with Crippen LogP contribution in [0.4, 0.5) is 0 Å². The lowest BCUT2D eigenvalue weighted by Gasteiger charge is -2.16. The van der Waals surface area contributed by atoms with Crippen LogP contribution < -0.4 is 0 Å². The largest absolute Gasteiger partial charge is 0.274 e. The van der Waals surface area contributed by atoms with E-state index in [1.165, 1.54) is 16.2 Å². The van der Waals surface area contributed by atoms with Crippen LogP contribution in [0.2, 0.25) is 0 Å². The highest BCUT2D eigenvalue weighted by Crippen LogP contribution is 2.48. The third-order valence-electron chi connectivity index (χ3n) is 4.51. The molecular weight excluding hydrogens is 462 g/mol. The summed E-state index contributed by atoms with van der Waals surface area (Å²) in [6.45, 7) is 4.92. The van der Waals surface area contributed by atoms with Gasteiger partial charge < -0.3 is 0 Å². The number of amides is 2. The van der Waals surface area contributed by atoms with Crippen molar-refractivity contribution in [2.45, 2.75) is 39.5 Å². The maximum absolute atomic E-state index is 12.7. The molecule has 23 heavy (non-hydrogen) atoms. The molecule has 2 aromatic heterocycles. The predicted molar refractivity (Wildman–Crippen MR) is 104 cm³/mol. The molecule has 0 spiro atoms. The zero-order chi connectivity index (χ0) is 16.7. The molecule has 7 heteroatoms. The van der Waals surface area contributed by atoms with Gasteiger partial charge in [0.25, 0.3) is 11.8 Å². The average molecular weight is 479 g/mol. The molecular formula is C16H17Br2NO2S2. The highest BCUT2D eigenvalue weighted by atomic mass is 79.9. The van der Waals surface area contributed by atoms with Crippen LogP contribution in [0.1, 0.15) is 59.6 Å². The van der Waals surface area contributed by atoms with Gasteiger partial charge in [0, 0.05) is 11.9 Å². The van der Waals surface area contributed by atoms with Crippen LogP contribution in [0.25, 0.3) is 10.1 Å². The second-order valence-corrected chi connectivity index (χ2v) is 10.4. The Labute approximate surface area is 160 Å². The molecule has 3 rings (SSSR count). The van der Waals surface area contributed by atoms with Gasteiger partial charge in [0.2, 0.25) is 0 Å². The third-order valence-corrected chi connectivity index (χ3v) is 8.63. The zero-order valence-corrected chi connectivity index (χ0v) is 17.8. The summed E-state index contributed by atoms with van der Waals surface area (Å²) in [5.74, 6) is 0.428. The van der Waals surface area contributed by atoms with E-state index in [0.717, 1.165) is 43.3 Å². The number of nitrogens with zero attached hydrogens (tertiary/aromatic N) is 1. The van der Waals surface area contributed by atoms with Gasteiger partial charge in [0.1, 0.15) is 4.88 Å². The molecule has 0 radical (unpaired) electrons. The molecule has 0 aliphatic carbocycles. The van der Waals surface area contributed by atoms with Gasteiger partial charge in [-0.1, -0.05) is 26.7 Å². The molecule has 0 saturated heterocycles. The SMILES string of the molecule is CCC(CC)CCCN1C(=O)c2sc3c(Br)sc(Br)c3c2C1=O. The first-order valence-electron chi connectivity index (χ1n) is 7.76.